The van der Waals surface area contributed by atoms with E-state index in [1.165, 1.54) is 0 Å². The molecule has 0 fully saturated rings. The summed E-state index contributed by atoms with van der Waals surface area (Å²) in [5, 5.41) is 7.01. The molecule has 0 spiro atoms. The second kappa shape index (κ2) is 7.47. The van der Waals surface area contributed by atoms with Gasteiger partial charge in [0.05, 0.1) is 12.2 Å². The van der Waals surface area contributed by atoms with Gasteiger partial charge in [0.15, 0.2) is 5.82 Å². The first-order valence-corrected chi connectivity index (χ1v) is 8.62. The molecular formula is C20H23N3O3. The average Bonchev–Trinajstić information content (AvgIpc) is 3.16. The summed E-state index contributed by atoms with van der Waals surface area (Å²) in [6.07, 6.45) is 0. The van der Waals surface area contributed by atoms with Crippen LogP contribution >= 0.6 is 0 Å². The number of benzene rings is 1. The normalized spacial score (nSPS) is 10.8. The molecule has 1 N–H and O–H groups in total. The van der Waals surface area contributed by atoms with Gasteiger partial charge >= 0.3 is 0 Å². The maximum atomic E-state index is 12.7. The van der Waals surface area contributed by atoms with Crippen LogP contribution in [0.4, 0.5) is 0 Å². The second-order valence-corrected chi connectivity index (χ2v) is 6.18. The molecule has 0 radical (unpaired) electrons. The van der Waals surface area contributed by atoms with Gasteiger partial charge in [0.2, 0.25) is 0 Å². The molecule has 26 heavy (non-hydrogen) atoms. The molecule has 0 saturated heterocycles. The number of aromatic nitrogens is 2. The fourth-order valence-corrected chi connectivity index (χ4v) is 2.99. The van der Waals surface area contributed by atoms with Gasteiger partial charge in [0.1, 0.15) is 11.5 Å². The van der Waals surface area contributed by atoms with E-state index in [-0.39, 0.29) is 5.91 Å². The minimum Gasteiger partial charge on any atom is -0.494 e. The van der Waals surface area contributed by atoms with E-state index in [1.807, 2.05) is 68.7 Å². The van der Waals surface area contributed by atoms with Gasteiger partial charge in [0.25, 0.3) is 5.91 Å². The summed E-state index contributed by atoms with van der Waals surface area (Å²) in [5.74, 6) is 2.10. The van der Waals surface area contributed by atoms with E-state index >= 15 is 0 Å². The lowest BCUT2D eigenvalue weighted by molar-refractivity contribution is 0.0950. The number of amides is 1. The van der Waals surface area contributed by atoms with Crippen molar-refractivity contribution in [2.75, 3.05) is 6.61 Å². The third-order valence-electron chi connectivity index (χ3n) is 4.18. The van der Waals surface area contributed by atoms with Crippen molar-refractivity contribution in [3.05, 3.63) is 64.7 Å². The minimum atomic E-state index is -0.119. The average molecular weight is 353 g/mol. The zero-order chi connectivity index (χ0) is 18.7. The number of hydrogen-bond acceptors (Lipinski definition) is 4. The predicted molar refractivity (Wildman–Crippen MR) is 98.8 cm³/mol. The molecule has 6 heteroatoms. The Labute approximate surface area is 152 Å². The topological polar surface area (TPSA) is 69.3 Å². The molecule has 0 aliphatic rings. The fraction of sp³-hybridized carbons (Fsp3) is 0.300. The van der Waals surface area contributed by atoms with Crippen molar-refractivity contribution in [3.63, 3.8) is 0 Å². The number of ether oxygens (including phenoxy) is 1. The molecule has 0 atom stereocenters. The van der Waals surface area contributed by atoms with E-state index in [4.69, 9.17) is 9.26 Å². The Kier molecular flexibility index (Phi) is 5.11. The van der Waals surface area contributed by atoms with Crippen molar-refractivity contribution in [1.82, 2.24) is 15.0 Å². The van der Waals surface area contributed by atoms with Crippen molar-refractivity contribution in [1.29, 1.82) is 0 Å². The summed E-state index contributed by atoms with van der Waals surface area (Å²) in [6.45, 7) is 8.69. The zero-order valence-corrected chi connectivity index (χ0v) is 15.5. The highest BCUT2D eigenvalue weighted by Gasteiger charge is 2.18. The van der Waals surface area contributed by atoms with Crippen LogP contribution in [0, 0.1) is 20.8 Å². The van der Waals surface area contributed by atoms with Crippen LogP contribution in [-0.4, -0.2) is 22.2 Å². The minimum absolute atomic E-state index is 0.119. The number of nitrogens with zero attached hydrogens (tertiary/aromatic N) is 2. The maximum Gasteiger partial charge on any atom is 0.253 e. The fourth-order valence-electron chi connectivity index (χ4n) is 2.99. The molecule has 0 saturated carbocycles. The van der Waals surface area contributed by atoms with Crippen molar-refractivity contribution in [3.8, 4) is 11.6 Å². The van der Waals surface area contributed by atoms with Crippen LogP contribution in [0.25, 0.3) is 5.82 Å². The smallest absolute Gasteiger partial charge is 0.253 e. The molecule has 136 valence electrons. The Morgan fingerprint density at radius 3 is 2.73 bits per heavy atom. The van der Waals surface area contributed by atoms with E-state index in [9.17, 15) is 4.79 Å². The molecule has 0 bridgehead atoms. The monoisotopic (exact) mass is 353 g/mol. The Morgan fingerprint density at radius 1 is 1.23 bits per heavy atom. The molecule has 1 aromatic carbocycles. The van der Waals surface area contributed by atoms with Crippen LogP contribution in [0.15, 0.2) is 40.9 Å². The summed E-state index contributed by atoms with van der Waals surface area (Å²) in [7, 11) is 0. The van der Waals surface area contributed by atoms with Crippen LogP contribution in [0.3, 0.4) is 0 Å². The largest absolute Gasteiger partial charge is 0.494 e. The van der Waals surface area contributed by atoms with Gasteiger partial charge < -0.3 is 14.6 Å². The molecule has 1 amide bonds. The number of rotatable bonds is 6. The number of hydrogen-bond donors (Lipinski definition) is 1. The number of carbonyl (C=O) groups excluding carboxylic acids is 1. The summed E-state index contributed by atoms with van der Waals surface area (Å²) in [4.78, 5) is 12.7. The lowest BCUT2D eigenvalue weighted by Crippen LogP contribution is -2.23. The van der Waals surface area contributed by atoms with Gasteiger partial charge in [0, 0.05) is 24.0 Å². The number of nitrogens with one attached hydrogen (secondary N) is 1. The van der Waals surface area contributed by atoms with Crippen molar-refractivity contribution in [2.24, 2.45) is 0 Å². The van der Waals surface area contributed by atoms with Crippen molar-refractivity contribution in [2.45, 2.75) is 34.2 Å². The molecule has 3 aromatic rings. The van der Waals surface area contributed by atoms with Crippen LogP contribution < -0.4 is 10.1 Å². The SMILES string of the molecule is CCOc1cccc(CNC(=O)c2cc(C)n(-c3cc(C)on3)c2C)c1. The highest BCUT2D eigenvalue weighted by molar-refractivity contribution is 5.95. The van der Waals surface area contributed by atoms with Gasteiger partial charge in [-0.1, -0.05) is 17.3 Å². The summed E-state index contributed by atoms with van der Waals surface area (Å²) < 4.78 is 12.6. The third kappa shape index (κ3) is 3.64. The molecular weight excluding hydrogens is 330 g/mol. The Morgan fingerprint density at radius 2 is 2.04 bits per heavy atom. The summed E-state index contributed by atoms with van der Waals surface area (Å²) in [6, 6.07) is 11.4. The van der Waals surface area contributed by atoms with E-state index in [2.05, 4.69) is 10.5 Å². The van der Waals surface area contributed by atoms with Crippen molar-refractivity contribution >= 4 is 5.91 Å². The van der Waals surface area contributed by atoms with E-state index in [0.717, 1.165) is 28.5 Å². The quantitative estimate of drug-likeness (QED) is 0.733. The zero-order valence-electron chi connectivity index (χ0n) is 15.5. The number of carbonyl (C=O) groups is 1. The van der Waals surface area contributed by atoms with E-state index < -0.39 is 0 Å². The lowest BCUT2D eigenvalue weighted by Gasteiger charge is -2.08. The van der Waals surface area contributed by atoms with Gasteiger partial charge in [-0.15, -0.1) is 0 Å². The van der Waals surface area contributed by atoms with E-state index in [0.29, 0.717) is 24.5 Å². The third-order valence-corrected chi connectivity index (χ3v) is 4.18. The van der Waals surface area contributed by atoms with E-state index in [1.54, 1.807) is 0 Å². The van der Waals surface area contributed by atoms with Gasteiger partial charge in [-0.2, -0.15) is 0 Å². The van der Waals surface area contributed by atoms with Crippen LogP contribution in [-0.2, 0) is 6.54 Å². The Bertz CT molecular complexity index is 924. The van der Waals surface area contributed by atoms with Gasteiger partial charge in [-0.3, -0.25) is 9.36 Å². The highest BCUT2D eigenvalue weighted by Crippen LogP contribution is 2.21. The first-order valence-electron chi connectivity index (χ1n) is 8.62. The highest BCUT2D eigenvalue weighted by atomic mass is 16.5. The Balaban J connectivity index is 1.75. The standard InChI is InChI=1S/C20H23N3O3/c1-5-25-17-8-6-7-16(11-17)12-21-20(24)18-9-13(2)23(15(18)4)19-10-14(3)26-22-19/h6-11H,5,12H2,1-4H3,(H,21,24). The van der Waals surface area contributed by atoms with Gasteiger partial charge in [-0.05, 0) is 51.5 Å². The van der Waals surface area contributed by atoms with Gasteiger partial charge in [-0.25, -0.2) is 0 Å². The molecule has 3 rings (SSSR count). The van der Waals surface area contributed by atoms with Crippen molar-refractivity contribution < 1.29 is 14.1 Å². The number of aryl methyl sites for hydroxylation is 2. The molecule has 0 aliphatic carbocycles. The maximum absolute atomic E-state index is 12.7. The molecule has 6 nitrogen and oxygen atoms in total. The summed E-state index contributed by atoms with van der Waals surface area (Å²) >= 11 is 0. The molecule has 0 aliphatic heterocycles. The Hall–Kier alpha value is -3.02. The summed E-state index contributed by atoms with van der Waals surface area (Å²) in [5.41, 5.74) is 3.38. The predicted octanol–water partition coefficient (Wildman–Crippen LogP) is 3.72. The lowest BCUT2D eigenvalue weighted by atomic mass is 10.2. The first kappa shape index (κ1) is 17.8. The molecule has 2 heterocycles. The van der Waals surface area contributed by atoms with Crippen LogP contribution in [0.1, 0.15) is 40.0 Å². The molecule has 0 unspecified atom stereocenters. The van der Waals surface area contributed by atoms with Crippen LogP contribution in [0.2, 0.25) is 0 Å². The second-order valence-electron chi connectivity index (χ2n) is 6.18. The first-order chi connectivity index (χ1) is 12.5. The van der Waals surface area contributed by atoms with Crippen LogP contribution in [0.5, 0.6) is 5.75 Å². The molecule has 2 aromatic heterocycles.